The van der Waals surface area contributed by atoms with Gasteiger partial charge in [-0.25, -0.2) is 0 Å². The van der Waals surface area contributed by atoms with E-state index in [1.807, 2.05) is 0 Å². The van der Waals surface area contributed by atoms with Crippen molar-refractivity contribution >= 4 is 5.82 Å². The highest BCUT2D eigenvalue weighted by molar-refractivity contribution is 5.36. The Labute approximate surface area is 98.7 Å². The summed E-state index contributed by atoms with van der Waals surface area (Å²) in [5, 5.41) is 10.9. The van der Waals surface area contributed by atoms with Gasteiger partial charge in [-0.05, 0) is 29.2 Å². The quantitative estimate of drug-likeness (QED) is 0.625. The Kier molecular flexibility index (Phi) is 3.01. The third kappa shape index (κ3) is 2.10. The van der Waals surface area contributed by atoms with Crippen molar-refractivity contribution in [3.05, 3.63) is 15.9 Å². The van der Waals surface area contributed by atoms with E-state index in [4.69, 9.17) is 10.5 Å². The van der Waals surface area contributed by atoms with Crippen LogP contribution in [0.2, 0.25) is 0 Å². The second-order valence-electron chi connectivity index (χ2n) is 4.35. The second kappa shape index (κ2) is 4.33. The number of rotatable bonds is 3. The molecule has 17 heavy (non-hydrogen) atoms. The highest BCUT2D eigenvalue weighted by Gasteiger charge is 2.32. The molecule has 1 saturated carbocycles. The Balaban J connectivity index is 2.27. The summed E-state index contributed by atoms with van der Waals surface area (Å²) >= 11 is 0. The molecule has 1 aromatic heterocycles. The molecule has 0 saturated heterocycles. The van der Waals surface area contributed by atoms with Gasteiger partial charge in [0.2, 0.25) is 5.82 Å². The molecule has 0 spiro atoms. The van der Waals surface area contributed by atoms with Crippen molar-refractivity contribution in [2.24, 2.45) is 12.8 Å². The van der Waals surface area contributed by atoms with Crippen LogP contribution in [0.25, 0.3) is 0 Å². The highest BCUT2D eigenvalue weighted by atomic mass is 16.6. The molecule has 0 bridgehead atoms. The van der Waals surface area contributed by atoms with E-state index in [-0.39, 0.29) is 23.8 Å². The summed E-state index contributed by atoms with van der Waals surface area (Å²) in [6.07, 6.45) is 2.58. The molecule has 2 rings (SSSR count). The number of hydrogen-bond acceptors (Lipinski definition) is 5. The van der Waals surface area contributed by atoms with Gasteiger partial charge in [-0.1, -0.05) is 0 Å². The first-order chi connectivity index (χ1) is 8.00. The van der Waals surface area contributed by atoms with Crippen LogP contribution in [0, 0.1) is 17.0 Å². The lowest BCUT2D eigenvalue weighted by molar-refractivity contribution is -0.390. The predicted octanol–water partition coefficient (Wildman–Crippen LogP) is 0.895. The molecule has 1 fully saturated rings. The summed E-state index contributed by atoms with van der Waals surface area (Å²) in [5.41, 5.74) is 5.89. The van der Waals surface area contributed by atoms with E-state index < -0.39 is 4.92 Å². The van der Waals surface area contributed by atoms with Crippen molar-refractivity contribution in [3.8, 4) is 5.88 Å². The van der Waals surface area contributed by atoms with Crippen LogP contribution >= 0.6 is 0 Å². The van der Waals surface area contributed by atoms with Gasteiger partial charge in [0.1, 0.15) is 6.10 Å². The predicted molar refractivity (Wildman–Crippen MR) is 60.8 cm³/mol. The molecule has 0 aliphatic heterocycles. The zero-order valence-electron chi connectivity index (χ0n) is 9.92. The SMILES string of the molecule is Cc1nc([N+](=O)[O-])c(OC2CCCC2N)n1C. The number of nitrogens with zero attached hydrogens (tertiary/aromatic N) is 3. The van der Waals surface area contributed by atoms with Crippen molar-refractivity contribution < 1.29 is 9.66 Å². The summed E-state index contributed by atoms with van der Waals surface area (Å²) in [5.74, 6) is 0.525. The lowest BCUT2D eigenvalue weighted by atomic mass is 10.2. The average Bonchev–Trinajstić information content (AvgIpc) is 2.78. The topological polar surface area (TPSA) is 96.2 Å². The molecule has 2 unspecified atom stereocenters. The highest BCUT2D eigenvalue weighted by Crippen LogP contribution is 2.30. The van der Waals surface area contributed by atoms with Crippen molar-refractivity contribution in [1.29, 1.82) is 0 Å². The maximum absolute atomic E-state index is 10.9. The molecule has 7 nitrogen and oxygen atoms in total. The standard InChI is InChI=1S/C10H16N4O3/c1-6-12-9(14(15)16)10(13(6)2)17-8-5-3-4-7(8)11/h7-8H,3-5,11H2,1-2H3. The van der Waals surface area contributed by atoms with Gasteiger partial charge >= 0.3 is 5.82 Å². The third-order valence-corrected chi connectivity index (χ3v) is 3.19. The molecular weight excluding hydrogens is 224 g/mol. The van der Waals surface area contributed by atoms with Gasteiger partial charge < -0.3 is 20.6 Å². The molecule has 94 valence electrons. The normalized spacial score (nSPS) is 23.9. The molecule has 1 aliphatic rings. The zero-order valence-corrected chi connectivity index (χ0v) is 9.92. The van der Waals surface area contributed by atoms with E-state index in [1.54, 1.807) is 18.5 Å². The van der Waals surface area contributed by atoms with Gasteiger partial charge in [-0.2, -0.15) is 0 Å². The van der Waals surface area contributed by atoms with Crippen LogP contribution in [0.3, 0.4) is 0 Å². The summed E-state index contributed by atoms with van der Waals surface area (Å²) in [7, 11) is 1.70. The van der Waals surface area contributed by atoms with Gasteiger partial charge in [-0.3, -0.25) is 4.57 Å². The van der Waals surface area contributed by atoms with Crippen molar-refractivity contribution in [1.82, 2.24) is 9.55 Å². The molecule has 1 aliphatic carbocycles. The van der Waals surface area contributed by atoms with Gasteiger partial charge in [0.05, 0.1) is 0 Å². The van der Waals surface area contributed by atoms with E-state index in [1.165, 1.54) is 0 Å². The van der Waals surface area contributed by atoms with E-state index >= 15 is 0 Å². The molecule has 0 radical (unpaired) electrons. The summed E-state index contributed by atoms with van der Waals surface area (Å²) in [6.45, 7) is 1.70. The van der Waals surface area contributed by atoms with Gasteiger partial charge in [0.25, 0.3) is 5.88 Å². The number of aromatic nitrogens is 2. The molecule has 2 N–H and O–H groups in total. The van der Waals surface area contributed by atoms with Crippen LogP contribution in [0.5, 0.6) is 5.88 Å². The lowest BCUT2D eigenvalue weighted by Gasteiger charge is -2.17. The molecule has 0 amide bonds. The van der Waals surface area contributed by atoms with Crippen LogP contribution in [0.1, 0.15) is 25.1 Å². The fraction of sp³-hybridized carbons (Fsp3) is 0.700. The zero-order chi connectivity index (χ0) is 12.6. The fourth-order valence-corrected chi connectivity index (χ4v) is 2.07. The Bertz CT molecular complexity index is 443. The average molecular weight is 240 g/mol. The van der Waals surface area contributed by atoms with Crippen molar-refractivity contribution in [3.63, 3.8) is 0 Å². The molecule has 7 heteroatoms. The molecular formula is C10H16N4O3. The number of ether oxygens (including phenoxy) is 1. The smallest absolute Gasteiger partial charge is 0.426 e. The van der Waals surface area contributed by atoms with Gasteiger partial charge in [-0.15, -0.1) is 0 Å². The number of aryl methyl sites for hydroxylation is 1. The van der Waals surface area contributed by atoms with E-state index in [0.717, 1.165) is 19.3 Å². The molecule has 2 atom stereocenters. The minimum atomic E-state index is -0.525. The first kappa shape index (κ1) is 11.8. The Morgan fingerprint density at radius 3 is 2.82 bits per heavy atom. The van der Waals surface area contributed by atoms with Gasteiger partial charge in [0, 0.05) is 20.0 Å². The summed E-state index contributed by atoms with van der Waals surface area (Å²) < 4.78 is 7.25. The van der Waals surface area contributed by atoms with E-state index in [2.05, 4.69) is 4.98 Å². The fourth-order valence-electron chi connectivity index (χ4n) is 2.07. The monoisotopic (exact) mass is 240 g/mol. The number of nitro groups is 1. The number of imidazole rings is 1. The first-order valence-electron chi connectivity index (χ1n) is 5.60. The van der Waals surface area contributed by atoms with Crippen LogP contribution in [0.4, 0.5) is 5.82 Å². The largest absolute Gasteiger partial charge is 0.468 e. The maximum atomic E-state index is 10.9. The van der Waals surface area contributed by atoms with Crippen LogP contribution in [0.15, 0.2) is 0 Å². The summed E-state index contributed by atoms with van der Waals surface area (Å²) in [6, 6.07) is -0.0511. The molecule has 1 heterocycles. The lowest BCUT2D eigenvalue weighted by Crippen LogP contribution is -2.34. The molecule has 0 aromatic carbocycles. The summed E-state index contributed by atoms with van der Waals surface area (Å²) in [4.78, 5) is 14.2. The third-order valence-electron chi connectivity index (χ3n) is 3.19. The van der Waals surface area contributed by atoms with E-state index in [0.29, 0.717) is 5.82 Å². The minimum Gasteiger partial charge on any atom is -0.468 e. The maximum Gasteiger partial charge on any atom is 0.426 e. The Hall–Kier alpha value is -1.63. The Morgan fingerprint density at radius 1 is 1.59 bits per heavy atom. The van der Waals surface area contributed by atoms with Crippen LogP contribution in [-0.2, 0) is 7.05 Å². The minimum absolute atomic E-state index is 0.0511. The van der Waals surface area contributed by atoms with Crippen LogP contribution < -0.4 is 10.5 Å². The second-order valence-corrected chi connectivity index (χ2v) is 4.35. The van der Waals surface area contributed by atoms with Gasteiger partial charge in [0.15, 0.2) is 0 Å². The number of hydrogen-bond donors (Lipinski definition) is 1. The number of nitrogens with two attached hydrogens (primary N) is 1. The van der Waals surface area contributed by atoms with Crippen LogP contribution in [-0.4, -0.2) is 26.6 Å². The van der Waals surface area contributed by atoms with Crippen molar-refractivity contribution in [2.75, 3.05) is 0 Å². The first-order valence-corrected chi connectivity index (χ1v) is 5.60. The molecule has 1 aromatic rings. The van der Waals surface area contributed by atoms with E-state index in [9.17, 15) is 10.1 Å². The Morgan fingerprint density at radius 2 is 2.29 bits per heavy atom. The van der Waals surface area contributed by atoms with Crippen molar-refractivity contribution in [2.45, 2.75) is 38.3 Å².